The van der Waals surface area contributed by atoms with E-state index in [1.165, 1.54) is 0 Å². The molecule has 0 unspecified atom stereocenters. The van der Waals surface area contributed by atoms with Crippen LogP contribution in [0.15, 0.2) is 194 Å². The fourth-order valence-electron chi connectivity index (χ4n) is 10.2. The molecule has 0 amide bonds. The van der Waals surface area contributed by atoms with Gasteiger partial charge in [0.2, 0.25) is 0 Å². The van der Waals surface area contributed by atoms with Gasteiger partial charge < -0.3 is 9.97 Å². The van der Waals surface area contributed by atoms with Crippen molar-refractivity contribution >= 4 is 90.0 Å². The molecule has 2 N–H and O–H groups in total. The molecule has 0 radical (unpaired) electrons. The van der Waals surface area contributed by atoms with Crippen LogP contribution in [0.25, 0.3) is 133 Å². The highest BCUT2D eigenvalue weighted by Crippen LogP contribution is 2.52. The average Bonchev–Trinajstić information content (AvgIpc) is 4.14. The summed E-state index contributed by atoms with van der Waals surface area (Å²) in [5, 5.41) is 6.70. The van der Waals surface area contributed by atoms with Gasteiger partial charge in [0.05, 0.1) is 44.8 Å². The third-order valence-electron chi connectivity index (χ3n) is 13.2. The molecule has 13 rings (SSSR count). The third kappa shape index (κ3) is 6.52. The van der Waals surface area contributed by atoms with E-state index in [1.807, 2.05) is 48.5 Å². The molecule has 2 aromatic heterocycles. The summed E-state index contributed by atoms with van der Waals surface area (Å²) in [5.41, 5.74) is 18.5. The Labute approximate surface area is 411 Å². The van der Waals surface area contributed by atoms with Crippen LogP contribution in [0.5, 0.6) is 0 Å². The molecule has 8 aromatic carbocycles. The Morgan fingerprint density at radius 2 is 0.456 bits per heavy atom. The minimum atomic E-state index is 0.645. The average molecular weight is 953 g/mol. The number of halogens is 4. The second-order valence-corrected chi connectivity index (χ2v) is 18.8. The summed E-state index contributed by atoms with van der Waals surface area (Å²) in [4.78, 5) is 19.9. The Kier molecular flexibility index (Phi) is 9.67. The fourth-order valence-corrected chi connectivity index (χ4v) is 10.7. The van der Waals surface area contributed by atoms with Crippen LogP contribution in [0.4, 0.5) is 0 Å². The van der Waals surface area contributed by atoms with E-state index in [1.54, 1.807) is 0 Å². The summed E-state index contributed by atoms with van der Waals surface area (Å²) in [7, 11) is 0. The van der Waals surface area contributed by atoms with E-state index in [-0.39, 0.29) is 0 Å². The van der Waals surface area contributed by atoms with E-state index in [4.69, 9.17) is 56.4 Å². The Hall–Kier alpha value is -7.44. The van der Waals surface area contributed by atoms with Crippen molar-refractivity contribution in [2.75, 3.05) is 0 Å². The van der Waals surface area contributed by atoms with Crippen LogP contribution in [-0.4, -0.2) is 19.9 Å². The predicted octanol–water partition coefficient (Wildman–Crippen LogP) is 18.6. The quantitative estimate of drug-likeness (QED) is 0.185. The smallest absolute Gasteiger partial charge is 0.0816 e. The van der Waals surface area contributed by atoms with Crippen LogP contribution < -0.4 is 0 Å². The first kappa shape index (κ1) is 40.8. The Balaban J connectivity index is 1.38. The number of benzene rings is 8. The van der Waals surface area contributed by atoms with Crippen LogP contribution >= 0.6 is 46.4 Å². The summed E-state index contributed by atoms with van der Waals surface area (Å²) in [6.07, 6.45) is 0. The van der Waals surface area contributed by atoms with Gasteiger partial charge in [0.1, 0.15) is 0 Å². The molecule has 0 atom stereocenters. The van der Waals surface area contributed by atoms with Gasteiger partial charge in [0.25, 0.3) is 0 Å². The highest BCUT2D eigenvalue weighted by Gasteiger charge is 2.30. The van der Waals surface area contributed by atoms with E-state index in [0.717, 1.165) is 133 Å². The van der Waals surface area contributed by atoms with Gasteiger partial charge in [-0.25, -0.2) is 9.97 Å². The molecule has 0 spiro atoms. The maximum absolute atomic E-state index is 6.65. The van der Waals surface area contributed by atoms with Crippen LogP contribution in [0.1, 0.15) is 0 Å². The molecule has 8 bridgehead atoms. The Morgan fingerprint density at radius 3 is 0.676 bits per heavy atom. The second-order valence-electron chi connectivity index (χ2n) is 17.1. The molecule has 3 aliphatic rings. The van der Waals surface area contributed by atoms with Crippen molar-refractivity contribution in [1.82, 2.24) is 19.9 Å². The zero-order valence-electron chi connectivity index (χ0n) is 35.9. The molecule has 4 heterocycles. The monoisotopic (exact) mass is 950 g/mol. The van der Waals surface area contributed by atoms with Gasteiger partial charge in [-0.1, -0.05) is 192 Å². The molecule has 0 fully saturated rings. The lowest BCUT2D eigenvalue weighted by Gasteiger charge is -2.09. The lowest BCUT2D eigenvalue weighted by molar-refractivity contribution is 1.39. The Morgan fingerprint density at radius 1 is 0.250 bits per heavy atom. The highest BCUT2D eigenvalue weighted by molar-refractivity contribution is 6.32. The molecule has 322 valence electrons. The zero-order chi connectivity index (χ0) is 45.6. The number of nitrogens with one attached hydrogen (secondary N) is 2. The molecule has 8 heteroatoms. The number of nitrogens with zero attached hydrogens (tertiary/aromatic N) is 2. The lowest BCUT2D eigenvalue weighted by Crippen LogP contribution is -1.88. The van der Waals surface area contributed by atoms with Gasteiger partial charge in [-0.05, 0) is 70.8 Å². The third-order valence-corrected chi connectivity index (χ3v) is 14.2. The first-order chi connectivity index (χ1) is 33.4. The van der Waals surface area contributed by atoms with Crippen molar-refractivity contribution in [1.29, 1.82) is 0 Å². The maximum Gasteiger partial charge on any atom is 0.0816 e. The zero-order valence-corrected chi connectivity index (χ0v) is 38.9. The van der Waals surface area contributed by atoms with Gasteiger partial charge in [0.15, 0.2) is 0 Å². The summed E-state index contributed by atoms with van der Waals surface area (Å²) in [6.45, 7) is 0. The molecule has 10 aromatic rings. The van der Waals surface area contributed by atoms with Gasteiger partial charge in [-0.2, -0.15) is 0 Å². The van der Waals surface area contributed by atoms with Crippen LogP contribution in [0.2, 0.25) is 20.1 Å². The normalized spacial score (nSPS) is 11.8. The predicted molar refractivity (Wildman–Crippen MR) is 287 cm³/mol. The molecule has 0 saturated carbocycles. The second kappa shape index (κ2) is 16.1. The minimum Gasteiger partial charge on any atom is -0.353 e. The first-order valence-electron chi connectivity index (χ1n) is 22.2. The summed E-state index contributed by atoms with van der Waals surface area (Å²) in [6, 6.07) is 66.4. The maximum atomic E-state index is 6.65. The molecule has 2 aliphatic heterocycles. The van der Waals surface area contributed by atoms with Crippen molar-refractivity contribution in [3.05, 3.63) is 214 Å². The van der Waals surface area contributed by atoms with Crippen molar-refractivity contribution in [3.63, 3.8) is 0 Å². The first-order valence-corrected chi connectivity index (χ1v) is 23.8. The molecule has 0 saturated heterocycles. The molecular weight excluding hydrogens is 918 g/mol. The minimum absolute atomic E-state index is 0.645. The van der Waals surface area contributed by atoms with Crippen molar-refractivity contribution in [2.45, 2.75) is 0 Å². The summed E-state index contributed by atoms with van der Waals surface area (Å²) in [5.74, 6) is 0. The number of aromatic nitrogens is 4. The van der Waals surface area contributed by atoms with Crippen molar-refractivity contribution < 1.29 is 0 Å². The topological polar surface area (TPSA) is 57.4 Å². The van der Waals surface area contributed by atoms with Crippen molar-refractivity contribution in [2.24, 2.45) is 0 Å². The van der Waals surface area contributed by atoms with Gasteiger partial charge in [-0.15, -0.1) is 0 Å². The van der Waals surface area contributed by atoms with E-state index < -0.39 is 0 Å². The summed E-state index contributed by atoms with van der Waals surface area (Å²) < 4.78 is 0. The van der Waals surface area contributed by atoms with E-state index in [2.05, 4.69) is 156 Å². The van der Waals surface area contributed by atoms with E-state index >= 15 is 0 Å². The fraction of sp³-hybridized carbons (Fsp3) is 0. The SMILES string of the molecule is Clc1ccc(-c2c3nc(c(-c4ccc(Cl)cc4)c4[nH]c(c(-c5ccc(Cl)cc5)c5nc(c(-c6ccc(Cl)cc6)c6[nH]c2c2ccccc62)-c2ccccc2-5)c2ccccc42)-c2ccccc2-3)cc1. The lowest BCUT2D eigenvalue weighted by atomic mass is 9.93. The molecule has 4 nitrogen and oxygen atoms in total. The number of hydrogen-bond donors (Lipinski definition) is 2. The standard InChI is InChI=1S/C60H34Cl4N4/c61-37-25-17-33(18-26-37)49-53-41-9-1-2-10-42(41)54(65-53)50(34-19-27-38(62)28-20-34)56-45-13-5-6-14-46(45)58(67-56)52(36-23-31-40(64)32-24-36)60-48-16-8-7-15-47(48)59(68-60)51(35-21-29-39(63)30-22-35)57-44-12-4-3-11-43(44)55(49)66-57/h1-32,65,68H. The number of aromatic amines is 2. The van der Waals surface area contributed by atoms with Crippen LogP contribution in [-0.2, 0) is 0 Å². The van der Waals surface area contributed by atoms with Crippen LogP contribution in [0.3, 0.4) is 0 Å². The number of rotatable bonds is 4. The Bertz CT molecular complexity index is 3520. The van der Waals surface area contributed by atoms with Gasteiger partial charge in [-0.3, -0.25) is 0 Å². The molecule has 68 heavy (non-hydrogen) atoms. The largest absolute Gasteiger partial charge is 0.353 e. The molecular formula is C60H34Cl4N4. The van der Waals surface area contributed by atoms with E-state index in [9.17, 15) is 0 Å². The number of hydrogen-bond acceptors (Lipinski definition) is 2. The van der Waals surface area contributed by atoms with Gasteiger partial charge >= 0.3 is 0 Å². The van der Waals surface area contributed by atoms with Crippen LogP contribution in [0, 0.1) is 0 Å². The number of H-pyrrole nitrogens is 2. The summed E-state index contributed by atoms with van der Waals surface area (Å²) >= 11 is 26.6. The highest BCUT2D eigenvalue weighted by atomic mass is 35.5. The van der Waals surface area contributed by atoms with Crippen molar-refractivity contribution in [3.8, 4) is 89.5 Å². The van der Waals surface area contributed by atoms with E-state index in [0.29, 0.717) is 20.1 Å². The molecule has 1 aliphatic carbocycles. The van der Waals surface area contributed by atoms with Gasteiger partial charge in [0, 0.05) is 86.1 Å².